The molecule has 0 bridgehead atoms. The molecule has 1 unspecified atom stereocenters. The van der Waals surface area contributed by atoms with Gasteiger partial charge in [0, 0.05) is 13.1 Å². The van der Waals surface area contributed by atoms with Crippen LogP contribution in [0.2, 0.25) is 0 Å². The first-order chi connectivity index (χ1) is 28.1. The second kappa shape index (κ2) is 16.6. The number of aromatic nitrogens is 4. The van der Waals surface area contributed by atoms with E-state index in [1.807, 2.05) is 121 Å². The van der Waals surface area contributed by atoms with Crippen LogP contribution in [0, 0.1) is 13.8 Å². The smallest absolute Gasteiger partial charge is 0.245 e. The van der Waals surface area contributed by atoms with E-state index in [0.717, 1.165) is 84.1 Å². The maximum absolute atomic E-state index is 14.0. The van der Waals surface area contributed by atoms with Gasteiger partial charge in [0.2, 0.25) is 11.8 Å². The van der Waals surface area contributed by atoms with Crippen molar-refractivity contribution in [1.29, 1.82) is 0 Å². The SMILES string of the molecule is Cc1cc(-c2cnc([C@@H]3CCCN3C(=O)C(c3ccccc3)N(C)C)[nH]2)ccc1-c1ccc(-c2cnc([C@@H]3CCCN3C(=O)[C@@H](c3ccccc3)N(C)C)[nH]2)cc1C. The number of amides is 2. The Labute approximate surface area is 341 Å². The topological polar surface area (TPSA) is 104 Å². The normalized spacial score (nSPS) is 18.0. The van der Waals surface area contributed by atoms with E-state index in [1.54, 1.807) is 0 Å². The summed E-state index contributed by atoms with van der Waals surface area (Å²) >= 11 is 0. The van der Waals surface area contributed by atoms with Gasteiger partial charge in [0.15, 0.2) is 0 Å². The number of H-pyrrole nitrogens is 2. The van der Waals surface area contributed by atoms with Crippen molar-refractivity contribution in [3.8, 4) is 33.6 Å². The summed E-state index contributed by atoms with van der Waals surface area (Å²) in [4.78, 5) is 52.8. The Morgan fingerprint density at radius 2 is 1.00 bits per heavy atom. The van der Waals surface area contributed by atoms with E-state index in [0.29, 0.717) is 0 Å². The highest BCUT2D eigenvalue weighted by molar-refractivity contribution is 5.85. The number of likely N-dealkylation sites (tertiary alicyclic amines) is 2. The van der Waals surface area contributed by atoms with Gasteiger partial charge in [0.25, 0.3) is 0 Å². The number of carbonyl (C=O) groups excluding carboxylic acids is 2. The number of hydrogen-bond donors (Lipinski definition) is 2. The molecule has 4 heterocycles. The van der Waals surface area contributed by atoms with Crippen molar-refractivity contribution in [3.63, 3.8) is 0 Å². The van der Waals surface area contributed by atoms with Crippen LogP contribution in [0.5, 0.6) is 0 Å². The third-order valence-electron chi connectivity index (χ3n) is 12.0. The summed E-state index contributed by atoms with van der Waals surface area (Å²) in [5.74, 6) is 1.88. The Balaban J connectivity index is 0.969. The van der Waals surface area contributed by atoms with Crippen molar-refractivity contribution in [2.75, 3.05) is 41.3 Å². The van der Waals surface area contributed by atoms with Gasteiger partial charge in [-0.15, -0.1) is 0 Å². The Kier molecular flexibility index (Phi) is 11.1. The molecule has 0 saturated carbocycles. The lowest BCUT2D eigenvalue weighted by molar-refractivity contribution is -0.138. The number of aromatic amines is 2. The molecule has 0 aliphatic carbocycles. The first kappa shape index (κ1) is 39.0. The molecule has 10 nitrogen and oxygen atoms in total. The molecular formula is C48H54N8O2. The van der Waals surface area contributed by atoms with E-state index < -0.39 is 0 Å². The molecule has 2 N–H and O–H groups in total. The zero-order chi connectivity index (χ0) is 40.5. The quantitative estimate of drug-likeness (QED) is 0.137. The Morgan fingerprint density at radius 3 is 1.36 bits per heavy atom. The molecule has 298 valence electrons. The second-order valence-electron chi connectivity index (χ2n) is 16.4. The Bertz CT molecular complexity index is 2220. The lowest BCUT2D eigenvalue weighted by Gasteiger charge is -2.31. The van der Waals surface area contributed by atoms with Gasteiger partial charge in [0.05, 0.1) is 35.9 Å². The van der Waals surface area contributed by atoms with Gasteiger partial charge in [-0.05, 0) is 124 Å². The lowest BCUT2D eigenvalue weighted by atomic mass is 9.93. The number of carbonyl (C=O) groups is 2. The molecule has 2 aromatic heterocycles. The fourth-order valence-corrected chi connectivity index (χ4v) is 9.11. The highest BCUT2D eigenvalue weighted by atomic mass is 16.2. The largest absolute Gasteiger partial charge is 0.340 e. The van der Waals surface area contributed by atoms with Crippen LogP contribution in [0.3, 0.4) is 0 Å². The van der Waals surface area contributed by atoms with Crippen molar-refractivity contribution in [2.45, 2.75) is 63.7 Å². The minimum atomic E-state index is -0.345. The van der Waals surface area contributed by atoms with Crippen LogP contribution < -0.4 is 0 Å². The molecule has 8 rings (SSSR count). The van der Waals surface area contributed by atoms with Crippen LogP contribution in [0.4, 0.5) is 0 Å². The molecule has 58 heavy (non-hydrogen) atoms. The monoisotopic (exact) mass is 774 g/mol. The first-order valence-electron chi connectivity index (χ1n) is 20.4. The predicted octanol–water partition coefficient (Wildman–Crippen LogP) is 8.68. The van der Waals surface area contributed by atoms with Gasteiger partial charge in [-0.1, -0.05) is 84.9 Å². The van der Waals surface area contributed by atoms with E-state index >= 15 is 0 Å². The fourth-order valence-electron chi connectivity index (χ4n) is 9.11. The van der Waals surface area contributed by atoms with Gasteiger partial charge in [-0.2, -0.15) is 0 Å². The summed E-state index contributed by atoms with van der Waals surface area (Å²) in [5, 5.41) is 0. The van der Waals surface area contributed by atoms with Crippen LogP contribution in [0.15, 0.2) is 109 Å². The summed E-state index contributed by atoms with van der Waals surface area (Å²) in [5.41, 5.74) is 10.7. The number of hydrogen-bond acceptors (Lipinski definition) is 6. The van der Waals surface area contributed by atoms with Crippen molar-refractivity contribution >= 4 is 11.8 Å². The van der Waals surface area contributed by atoms with Gasteiger partial charge >= 0.3 is 0 Å². The fraction of sp³-hybridized carbons (Fsp3) is 0.333. The molecule has 10 heteroatoms. The molecule has 2 saturated heterocycles. The average molecular weight is 775 g/mol. The Hall–Kier alpha value is -5.84. The van der Waals surface area contributed by atoms with E-state index in [-0.39, 0.29) is 36.0 Å². The summed E-state index contributed by atoms with van der Waals surface area (Å²) in [6.07, 6.45) is 7.45. The summed E-state index contributed by atoms with van der Waals surface area (Å²) in [7, 11) is 7.86. The number of aryl methyl sites for hydroxylation is 2. The highest BCUT2D eigenvalue weighted by Crippen LogP contribution is 2.38. The molecule has 0 radical (unpaired) electrons. The minimum Gasteiger partial charge on any atom is -0.340 e. The third-order valence-corrected chi connectivity index (χ3v) is 12.0. The summed E-state index contributed by atoms with van der Waals surface area (Å²) < 4.78 is 0. The molecule has 6 aromatic rings. The molecule has 2 amide bonds. The number of imidazole rings is 2. The van der Waals surface area contributed by atoms with E-state index in [4.69, 9.17) is 9.97 Å². The predicted molar refractivity (Wildman–Crippen MR) is 230 cm³/mol. The van der Waals surface area contributed by atoms with E-state index in [9.17, 15) is 9.59 Å². The molecular weight excluding hydrogens is 721 g/mol. The Morgan fingerprint density at radius 1 is 0.603 bits per heavy atom. The molecule has 2 aliphatic rings. The van der Waals surface area contributed by atoms with Crippen LogP contribution in [0.25, 0.3) is 33.6 Å². The standard InChI is InChI=1S/C48H54N8O2/c1-31-27-35(39-29-49-45(51-39)41-19-13-25-55(41)47(57)43(53(3)4)33-15-9-7-10-16-33)21-23-37(31)38-24-22-36(28-32(38)2)40-30-50-46(52-40)42-20-14-26-56(42)48(58)44(54(5)6)34-17-11-8-12-18-34/h7-12,15-18,21-24,27-30,41-44H,13-14,19-20,25-26H2,1-6H3,(H,49,51)(H,50,52)/t41-,42-,43+,44?/m0/s1. The van der Waals surface area contributed by atoms with Gasteiger partial charge in [-0.25, -0.2) is 9.97 Å². The molecule has 4 atom stereocenters. The number of likely N-dealkylation sites (N-methyl/N-ethyl adjacent to an activating group) is 2. The van der Waals surface area contributed by atoms with Crippen molar-refractivity contribution in [1.82, 2.24) is 39.5 Å². The van der Waals surface area contributed by atoms with Gasteiger partial charge < -0.3 is 19.8 Å². The first-order valence-corrected chi connectivity index (χ1v) is 20.4. The van der Waals surface area contributed by atoms with Crippen LogP contribution >= 0.6 is 0 Å². The molecule has 2 aliphatic heterocycles. The molecule has 0 spiro atoms. The maximum Gasteiger partial charge on any atom is 0.245 e. The van der Waals surface area contributed by atoms with Crippen molar-refractivity contribution < 1.29 is 9.59 Å². The van der Waals surface area contributed by atoms with Crippen LogP contribution in [0.1, 0.15) is 83.8 Å². The van der Waals surface area contributed by atoms with Gasteiger partial charge in [-0.3, -0.25) is 19.4 Å². The second-order valence-corrected chi connectivity index (χ2v) is 16.4. The van der Waals surface area contributed by atoms with Crippen LogP contribution in [-0.2, 0) is 9.59 Å². The average Bonchev–Trinajstić information content (AvgIpc) is 4.06. The summed E-state index contributed by atoms with van der Waals surface area (Å²) in [6.45, 7) is 5.74. The number of nitrogens with zero attached hydrogens (tertiary/aromatic N) is 6. The minimum absolute atomic E-state index is 0.0884. The van der Waals surface area contributed by atoms with E-state index in [1.165, 1.54) is 22.3 Å². The molecule has 2 fully saturated rings. The highest BCUT2D eigenvalue weighted by Gasteiger charge is 2.38. The van der Waals surface area contributed by atoms with Crippen molar-refractivity contribution in [3.05, 3.63) is 143 Å². The summed E-state index contributed by atoms with van der Waals surface area (Å²) in [6, 6.07) is 32.3. The zero-order valence-electron chi connectivity index (χ0n) is 34.4. The lowest BCUT2D eigenvalue weighted by Crippen LogP contribution is -2.40. The number of rotatable bonds is 11. The molecule has 4 aromatic carbocycles. The maximum atomic E-state index is 14.0. The third kappa shape index (κ3) is 7.62. The van der Waals surface area contributed by atoms with Gasteiger partial charge in [0.1, 0.15) is 23.7 Å². The van der Waals surface area contributed by atoms with Crippen molar-refractivity contribution in [2.24, 2.45) is 0 Å². The van der Waals surface area contributed by atoms with Crippen LogP contribution in [-0.4, -0.2) is 92.6 Å². The number of benzene rings is 4. The van der Waals surface area contributed by atoms with E-state index in [2.05, 4.69) is 60.2 Å². The number of nitrogens with one attached hydrogen (secondary N) is 2. The zero-order valence-corrected chi connectivity index (χ0v) is 34.4.